The van der Waals surface area contributed by atoms with Crippen molar-refractivity contribution in [1.29, 1.82) is 0 Å². The van der Waals surface area contributed by atoms with Crippen LogP contribution >= 0.6 is 0 Å². The van der Waals surface area contributed by atoms with Gasteiger partial charge in [0, 0.05) is 18.3 Å². The van der Waals surface area contributed by atoms with E-state index in [0.29, 0.717) is 17.8 Å². The molecular weight excluding hydrogens is 324 g/mol. The third-order valence-corrected chi connectivity index (χ3v) is 3.57. The molecule has 0 spiro atoms. The number of anilines is 1. The van der Waals surface area contributed by atoms with Crippen molar-refractivity contribution in [2.24, 2.45) is 15.9 Å². The van der Waals surface area contributed by atoms with Crippen molar-refractivity contribution >= 4 is 35.2 Å². The largest absolute Gasteiger partial charge is 0.344 e. The van der Waals surface area contributed by atoms with Crippen molar-refractivity contribution in [2.45, 2.75) is 27.2 Å². The summed E-state index contributed by atoms with van der Waals surface area (Å²) in [4.78, 5) is 44.0. The molecule has 1 aliphatic heterocycles. The lowest BCUT2D eigenvalue weighted by Crippen LogP contribution is -2.36. The van der Waals surface area contributed by atoms with Gasteiger partial charge in [0.25, 0.3) is 11.9 Å². The van der Waals surface area contributed by atoms with Gasteiger partial charge in [-0.25, -0.2) is 4.99 Å². The summed E-state index contributed by atoms with van der Waals surface area (Å²) in [6.07, 6.45) is 2.07. The molecule has 132 valence electrons. The highest BCUT2D eigenvalue weighted by Gasteiger charge is 2.27. The number of carbonyl (C=O) groups excluding carboxylic acids is 3. The molecule has 1 unspecified atom stereocenters. The van der Waals surface area contributed by atoms with Crippen LogP contribution < -0.4 is 10.6 Å². The average Bonchev–Trinajstić information content (AvgIpc) is 2.92. The van der Waals surface area contributed by atoms with E-state index in [1.54, 1.807) is 19.9 Å². The van der Waals surface area contributed by atoms with Gasteiger partial charge in [-0.1, -0.05) is 13.0 Å². The lowest BCUT2D eigenvalue weighted by molar-refractivity contribution is -0.136. The van der Waals surface area contributed by atoms with Crippen molar-refractivity contribution in [3.8, 4) is 0 Å². The molecule has 0 radical (unpaired) electrons. The van der Waals surface area contributed by atoms with Crippen LogP contribution in [0.4, 0.5) is 5.82 Å². The van der Waals surface area contributed by atoms with Gasteiger partial charge >= 0.3 is 11.8 Å². The van der Waals surface area contributed by atoms with Crippen LogP contribution in [0.2, 0.25) is 0 Å². The molecule has 2 N–H and O–H groups in total. The van der Waals surface area contributed by atoms with Crippen molar-refractivity contribution in [3.05, 3.63) is 24.4 Å². The Labute approximate surface area is 144 Å². The van der Waals surface area contributed by atoms with Crippen molar-refractivity contribution in [1.82, 2.24) is 15.1 Å². The number of amides is 3. The highest BCUT2D eigenvalue weighted by molar-refractivity contribution is 6.39. The maximum absolute atomic E-state index is 12.1. The number of nitrogens with zero attached hydrogens (tertiary/aromatic N) is 4. The van der Waals surface area contributed by atoms with Crippen LogP contribution in [0.3, 0.4) is 0 Å². The average molecular weight is 344 g/mol. The summed E-state index contributed by atoms with van der Waals surface area (Å²) >= 11 is 0. The molecule has 0 aliphatic carbocycles. The number of aromatic nitrogens is 2. The predicted octanol–water partition coefficient (Wildman–Crippen LogP) is 0.664. The SMILES string of the molecule is C=CCNC(=O)C(=O)Nc1cc(C)nn1C1=NC(=O)C(CC)C(C)=N1. The van der Waals surface area contributed by atoms with Crippen molar-refractivity contribution < 1.29 is 14.4 Å². The second-order valence-electron chi connectivity index (χ2n) is 5.50. The fraction of sp³-hybridized carbons (Fsp3) is 0.375. The summed E-state index contributed by atoms with van der Waals surface area (Å²) in [5.74, 6) is -2.06. The van der Waals surface area contributed by atoms with Gasteiger partial charge in [0.05, 0.1) is 11.6 Å². The van der Waals surface area contributed by atoms with Crippen LogP contribution in [-0.4, -0.2) is 45.7 Å². The van der Waals surface area contributed by atoms with Gasteiger partial charge in [-0.3, -0.25) is 14.4 Å². The van der Waals surface area contributed by atoms with E-state index >= 15 is 0 Å². The second kappa shape index (κ2) is 7.65. The Balaban J connectivity index is 2.27. The summed E-state index contributed by atoms with van der Waals surface area (Å²) in [5, 5.41) is 9.01. The van der Waals surface area contributed by atoms with E-state index in [0.717, 1.165) is 0 Å². The topological polar surface area (TPSA) is 118 Å². The number of rotatable bonds is 4. The van der Waals surface area contributed by atoms with E-state index in [1.807, 2.05) is 6.92 Å². The highest BCUT2D eigenvalue weighted by atomic mass is 16.2. The van der Waals surface area contributed by atoms with Crippen LogP contribution in [0.5, 0.6) is 0 Å². The first-order valence-electron chi connectivity index (χ1n) is 7.82. The molecule has 3 amide bonds. The van der Waals surface area contributed by atoms with Crippen LogP contribution in [0.15, 0.2) is 28.7 Å². The first-order valence-corrected chi connectivity index (χ1v) is 7.82. The van der Waals surface area contributed by atoms with Crippen molar-refractivity contribution in [2.75, 3.05) is 11.9 Å². The Kier molecular flexibility index (Phi) is 5.58. The minimum Gasteiger partial charge on any atom is -0.344 e. The fourth-order valence-corrected chi connectivity index (χ4v) is 2.34. The zero-order valence-corrected chi connectivity index (χ0v) is 14.4. The monoisotopic (exact) mass is 344 g/mol. The maximum atomic E-state index is 12.1. The number of aliphatic imine (C=N–C) groups is 2. The fourth-order valence-electron chi connectivity index (χ4n) is 2.34. The Hall–Kier alpha value is -3.10. The number of carbonyl (C=O) groups is 3. The Bertz CT molecular complexity index is 790. The van der Waals surface area contributed by atoms with Gasteiger partial charge in [-0.15, -0.1) is 6.58 Å². The van der Waals surface area contributed by atoms with Gasteiger partial charge in [0.15, 0.2) is 0 Å². The maximum Gasteiger partial charge on any atom is 0.314 e. The first kappa shape index (κ1) is 18.2. The quantitative estimate of drug-likeness (QED) is 0.616. The molecule has 1 atom stereocenters. The minimum absolute atomic E-state index is 0.0575. The molecule has 0 saturated heterocycles. The molecule has 1 aromatic rings. The first-order chi connectivity index (χ1) is 11.9. The molecule has 0 aromatic carbocycles. The molecule has 0 bridgehead atoms. The van der Waals surface area contributed by atoms with E-state index < -0.39 is 11.8 Å². The Morgan fingerprint density at radius 3 is 2.64 bits per heavy atom. The van der Waals surface area contributed by atoms with Crippen LogP contribution in [0, 0.1) is 12.8 Å². The summed E-state index contributed by atoms with van der Waals surface area (Å²) < 4.78 is 1.24. The second-order valence-corrected chi connectivity index (χ2v) is 5.50. The van der Waals surface area contributed by atoms with Gasteiger partial charge in [-0.05, 0) is 20.3 Å². The van der Waals surface area contributed by atoms with E-state index in [-0.39, 0.29) is 30.1 Å². The summed E-state index contributed by atoms with van der Waals surface area (Å²) in [6, 6.07) is 1.56. The molecule has 0 saturated carbocycles. The Morgan fingerprint density at radius 1 is 1.32 bits per heavy atom. The van der Waals surface area contributed by atoms with Gasteiger partial charge in [0.2, 0.25) is 0 Å². The predicted molar refractivity (Wildman–Crippen MR) is 93.5 cm³/mol. The van der Waals surface area contributed by atoms with Crippen molar-refractivity contribution in [3.63, 3.8) is 0 Å². The third kappa shape index (κ3) is 4.06. The van der Waals surface area contributed by atoms with Gasteiger partial charge in [0.1, 0.15) is 5.82 Å². The normalized spacial score (nSPS) is 16.8. The molecule has 0 fully saturated rings. The number of nitrogens with one attached hydrogen (secondary N) is 2. The van der Waals surface area contributed by atoms with E-state index in [1.165, 1.54) is 10.8 Å². The summed E-state index contributed by atoms with van der Waals surface area (Å²) in [5.41, 5.74) is 1.20. The molecule has 25 heavy (non-hydrogen) atoms. The Morgan fingerprint density at radius 2 is 2.04 bits per heavy atom. The molecule has 1 aliphatic rings. The molecule has 1 aromatic heterocycles. The van der Waals surface area contributed by atoms with Gasteiger partial charge < -0.3 is 10.6 Å². The van der Waals surface area contributed by atoms with E-state index in [9.17, 15) is 14.4 Å². The van der Waals surface area contributed by atoms with Crippen LogP contribution in [0.1, 0.15) is 26.0 Å². The molecule has 2 rings (SSSR count). The molecular formula is C16H20N6O3. The molecule has 2 heterocycles. The van der Waals surface area contributed by atoms with E-state index in [2.05, 4.69) is 32.3 Å². The zero-order valence-electron chi connectivity index (χ0n) is 14.4. The zero-order chi connectivity index (χ0) is 18.6. The lowest BCUT2D eigenvalue weighted by atomic mass is 10.00. The lowest BCUT2D eigenvalue weighted by Gasteiger charge is -2.17. The van der Waals surface area contributed by atoms with Gasteiger partial charge in [-0.2, -0.15) is 14.8 Å². The summed E-state index contributed by atoms with van der Waals surface area (Å²) in [7, 11) is 0. The number of hydrogen-bond donors (Lipinski definition) is 2. The standard InChI is InChI=1S/C16H20N6O3/c1-5-7-17-14(24)15(25)19-12-8-9(3)21-22(12)16-18-10(4)11(6-2)13(23)20-16/h5,8,11H,1,6-7H2,2-4H3,(H,17,24)(H,19,25). The molecule has 9 heteroatoms. The number of aryl methyl sites for hydroxylation is 1. The number of hydrogen-bond acceptors (Lipinski definition) is 5. The third-order valence-electron chi connectivity index (χ3n) is 3.57. The smallest absolute Gasteiger partial charge is 0.314 e. The highest BCUT2D eigenvalue weighted by Crippen LogP contribution is 2.17. The van der Waals surface area contributed by atoms with Crippen LogP contribution in [-0.2, 0) is 14.4 Å². The summed E-state index contributed by atoms with van der Waals surface area (Å²) in [6.45, 7) is 8.97. The molecule has 9 nitrogen and oxygen atoms in total. The van der Waals surface area contributed by atoms with E-state index in [4.69, 9.17) is 0 Å². The van der Waals surface area contributed by atoms with Crippen LogP contribution in [0.25, 0.3) is 0 Å². The minimum atomic E-state index is -0.863.